The highest BCUT2D eigenvalue weighted by molar-refractivity contribution is 6.06. The van der Waals surface area contributed by atoms with E-state index >= 15 is 0 Å². The molecule has 1 saturated carbocycles. The predicted octanol–water partition coefficient (Wildman–Crippen LogP) is 2.12. The number of para-hydroxylation sites is 1. The van der Waals surface area contributed by atoms with Crippen molar-refractivity contribution in [1.82, 2.24) is 10.3 Å². The number of benzene rings is 1. The van der Waals surface area contributed by atoms with Gasteiger partial charge < -0.3 is 10.4 Å². The normalized spacial score (nSPS) is 24.1. The van der Waals surface area contributed by atoms with Gasteiger partial charge in [0, 0.05) is 23.0 Å². The first-order valence-electron chi connectivity index (χ1n) is 6.83. The van der Waals surface area contributed by atoms with Crippen molar-refractivity contribution in [2.45, 2.75) is 32.4 Å². The molecule has 1 aliphatic carbocycles. The zero-order chi connectivity index (χ0) is 14.3. The molecule has 0 bridgehead atoms. The highest BCUT2D eigenvalue weighted by atomic mass is 16.3. The molecule has 1 aromatic heterocycles. The Morgan fingerprint density at radius 1 is 1.35 bits per heavy atom. The summed E-state index contributed by atoms with van der Waals surface area (Å²) in [4.78, 5) is 16.7. The summed E-state index contributed by atoms with van der Waals surface area (Å²) in [6, 6.07) is 9.35. The van der Waals surface area contributed by atoms with Gasteiger partial charge >= 0.3 is 0 Å². The number of hydrogen-bond acceptors (Lipinski definition) is 3. The molecule has 2 N–H and O–H groups in total. The van der Waals surface area contributed by atoms with Gasteiger partial charge in [-0.15, -0.1) is 0 Å². The van der Waals surface area contributed by atoms with Crippen LogP contribution in [0.2, 0.25) is 0 Å². The second kappa shape index (κ2) is 4.56. The first kappa shape index (κ1) is 13.1. The number of fused-ring (bicyclic) bond motifs is 1. The summed E-state index contributed by atoms with van der Waals surface area (Å²) in [7, 11) is 0. The minimum atomic E-state index is -0.345. The maximum absolute atomic E-state index is 12.4. The van der Waals surface area contributed by atoms with E-state index in [2.05, 4.69) is 10.3 Å². The number of nitrogens with one attached hydrogen (secondary N) is 1. The van der Waals surface area contributed by atoms with E-state index in [0.717, 1.165) is 10.9 Å². The van der Waals surface area contributed by atoms with Crippen LogP contribution in [0, 0.1) is 5.41 Å². The summed E-state index contributed by atoms with van der Waals surface area (Å²) in [5.74, 6) is -0.103. The maximum atomic E-state index is 12.4. The fourth-order valence-electron chi connectivity index (χ4n) is 2.68. The first-order chi connectivity index (χ1) is 9.50. The van der Waals surface area contributed by atoms with Crippen LogP contribution in [0.1, 0.15) is 30.6 Å². The molecule has 4 nitrogen and oxygen atoms in total. The van der Waals surface area contributed by atoms with Crippen molar-refractivity contribution in [1.29, 1.82) is 0 Å². The van der Waals surface area contributed by atoms with Crippen LogP contribution in [0.25, 0.3) is 10.9 Å². The Labute approximate surface area is 117 Å². The van der Waals surface area contributed by atoms with Crippen molar-refractivity contribution >= 4 is 16.8 Å². The smallest absolute Gasteiger partial charge is 0.252 e. The molecule has 1 aromatic carbocycles. The number of amides is 1. The molecule has 1 aliphatic rings. The number of carbonyl (C=O) groups excluding carboxylic acids is 1. The minimum absolute atomic E-state index is 0.0110. The van der Waals surface area contributed by atoms with Crippen molar-refractivity contribution in [2.75, 3.05) is 0 Å². The quantitative estimate of drug-likeness (QED) is 0.878. The molecule has 0 radical (unpaired) electrons. The Kier molecular flexibility index (Phi) is 2.98. The van der Waals surface area contributed by atoms with Gasteiger partial charge in [0.1, 0.15) is 0 Å². The third-order valence-corrected chi connectivity index (χ3v) is 4.41. The van der Waals surface area contributed by atoms with Crippen molar-refractivity contribution in [3.63, 3.8) is 0 Å². The lowest BCUT2D eigenvalue weighted by atomic mass is 9.64. The van der Waals surface area contributed by atoms with E-state index in [1.165, 1.54) is 0 Å². The molecule has 0 aliphatic heterocycles. The number of aliphatic hydroxyl groups excluding tert-OH is 1. The van der Waals surface area contributed by atoms with Crippen LogP contribution >= 0.6 is 0 Å². The standard InChI is InChI=1S/C16H18N2O2/c1-16(2)13(9-14(16)19)18-15(20)11-7-8-17-12-6-4-3-5-10(11)12/h3-8,13-14,19H,9H2,1-2H3,(H,18,20). The Bertz CT molecular complexity index is 661. The Hall–Kier alpha value is -1.94. The minimum Gasteiger partial charge on any atom is -0.392 e. The largest absolute Gasteiger partial charge is 0.392 e. The van der Waals surface area contributed by atoms with Gasteiger partial charge in [-0.1, -0.05) is 32.0 Å². The Balaban J connectivity index is 1.87. The van der Waals surface area contributed by atoms with Gasteiger partial charge in [-0.05, 0) is 18.6 Å². The maximum Gasteiger partial charge on any atom is 0.252 e. The molecule has 20 heavy (non-hydrogen) atoms. The number of nitrogens with zero attached hydrogens (tertiary/aromatic N) is 1. The predicted molar refractivity (Wildman–Crippen MR) is 77.4 cm³/mol. The highest BCUT2D eigenvalue weighted by Gasteiger charge is 2.48. The van der Waals surface area contributed by atoms with Crippen molar-refractivity contribution in [2.24, 2.45) is 5.41 Å². The van der Waals surface area contributed by atoms with E-state index in [9.17, 15) is 9.90 Å². The molecule has 104 valence electrons. The lowest BCUT2D eigenvalue weighted by Crippen LogP contribution is -2.61. The fourth-order valence-corrected chi connectivity index (χ4v) is 2.68. The third kappa shape index (κ3) is 1.96. The molecule has 2 aromatic rings. The van der Waals surface area contributed by atoms with Gasteiger partial charge in [0.15, 0.2) is 0 Å². The Morgan fingerprint density at radius 2 is 2.10 bits per heavy atom. The zero-order valence-corrected chi connectivity index (χ0v) is 11.6. The van der Waals surface area contributed by atoms with Gasteiger partial charge in [-0.25, -0.2) is 0 Å². The van der Waals surface area contributed by atoms with Crippen LogP contribution < -0.4 is 5.32 Å². The van der Waals surface area contributed by atoms with Crippen LogP contribution in [0.3, 0.4) is 0 Å². The topological polar surface area (TPSA) is 62.2 Å². The van der Waals surface area contributed by atoms with E-state index in [1.54, 1.807) is 12.3 Å². The monoisotopic (exact) mass is 270 g/mol. The van der Waals surface area contributed by atoms with E-state index in [1.807, 2.05) is 38.1 Å². The Morgan fingerprint density at radius 3 is 2.80 bits per heavy atom. The lowest BCUT2D eigenvalue weighted by molar-refractivity contribution is -0.0689. The van der Waals surface area contributed by atoms with Gasteiger partial charge in [0.25, 0.3) is 5.91 Å². The first-order valence-corrected chi connectivity index (χ1v) is 6.83. The van der Waals surface area contributed by atoms with Gasteiger partial charge in [0.2, 0.25) is 0 Å². The van der Waals surface area contributed by atoms with Crippen molar-refractivity contribution in [3.8, 4) is 0 Å². The molecule has 1 amide bonds. The zero-order valence-electron chi connectivity index (χ0n) is 11.6. The molecular weight excluding hydrogens is 252 g/mol. The van der Waals surface area contributed by atoms with Crippen molar-refractivity contribution < 1.29 is 9.90 Å². The van der Waals surface area contributed by atoms with Crippen LogP contribution in [-0.2, 0) is 0 Å². The second-order valence-electron chi connectivity index (χ2n) is 5.97. The van der Waals surface area contributed by atoms with Gasteiger partial charge in [-0.2, -0.15) is 0 Å². The molecule has 2 atom stereocenters. The average Bonchev–Trinajstić information content (AvgIpc) is 2.46. The summed E-state index contributed by atoms with van der Waals surface area (Å²) in [5, 5.41) is 13.6. The van der Waals surface area contributed by atoms with Crippen LogP contribution in [0.4, 0.5) is 0 Å². The van der Waals surface area contributed by atoms with Crippen LogP contribution in [0.5, 0.6) is 0 Å². The lowest BCUT2D eigenvalue weighted by Gasteiger charge is -2.49. The van der Waals surface area contributed by atoms with E-state index in [0.29, 0.717) is 12.0 Å². The highest BCUT2D eigenvalue weighted by Crippen LogP contribution is 2.40. The summed E-state index contributed by atoms with van der Waals surface area (Å²) in [6.07, 6.45) is 1.92. The fraction of sp³-hybridized carbons (Fsp3) is 0.375. The number of aliphatic hydroxyl groups is 1. The molecule has 4 heteroatoms. The summed E-state index contributed by atoms with van der Waals surface area (Å²) in [5.41, 5.74) is 1.18. The number of aromatic nitrogens is 1. The SMILES string of the molecule is CC1(C)C(O)CC1NC(=O)c1ccnc2ccccc12. The molecule has 3 rings (SSSR count). The molecule has 2 unspecified atom stereocenters. The molecular formula is C16H18N2O2. The van der Waals surface area contributed by atoms with E-state index < -0.39 is 0 Å². The number of rotatable bonds is 2. The van der Waals surface area contributed by atoms with Gasteiger partial charge in [0.05, 0.1) is 17.2 Å². The number of hydrogen-bond donors (Lipinski definition) is 2. The van der Waals surface area contributed by atoms with E-state index in [4.69, 9.17) is 0 Å². The summed E-state index contributed by atoms with van der Waals surface area (Å²) in [6.45, 7) is 3.94. The number of carbonyl (C=O) groups is 1. The molecule has 0 saturated heterocycles. The van der Waals surface area contributed by atoms with Crippen LogP contribution in [0.15, 0.2) is 36.5 Å². The molecule has 1 fully saturated rings. The number of pyridine rings is 1. The average molecular weight is 270 g/mol. The summed E-state index contributed by atoms with van der Waals surface area (Å²) >= 11 is 0. The molecule has 0 spiro atoms. The van der Waals surface area contributed by atoms with Crippen molar-refractivity contribution in [3.05, 3.63) is 42.1 Å². The summed E-state index contributed by atoms with van der Waals surface area (Å²) < 4.78 is 0. The third-order valence-electron chi connectivity index (χ3n) is 4.41. The second-order valence-corrected chi connectivity index (χ2v) is 5.97. The van der Waals surface area contributed by atoms with Gasteiger partial charge in [-0.3, -0.25) is 9.78 Å². The van der Waals surface area contributed by atoms with Crippen LogP contribution in [-0.4, -0.2) is 28.1 Å². The van der Waals surface area contributed by atoms with E-state index in [-0.39, 0.29) is 23.5 Å². The molecule has 1 heterocycles.